The molecule has 0 unspecified atom stereocenters. The minimum absolute atomic E-state index is 0.263. The summed E-state index contributed by atoms with van der Waals surface area (Å²) >= 11 is 0. The molecule has 240 valence electrons. The van der Waals surface area contributed by atoms with E-state index in [-0.39, 0.29) is 17.9 Å². The van der Waals surface area contributed by atoms with E-state index in [1.165, 1.54) is 0 Å². The number of benzene rings is 2. The molecule has 0 fully saturated rings. The van der Waals surface area contributed by atoms with Crippen LogP contribution in [-0.2, 0) is 31.2 Å². The van der Waals surface area contributed by atoms with Crippen LogP contribution in [0, 0.1) is 0 Å². The van der Waals surface area contributed by atoms with Crippen molar-refractivity contribution < 1.29 is 63.9 Å². The van der Waals surface area contributed by atoms with Crippen molar-refractivity contribution >= 4 is 19.8 Å². The van der Waals surface area contributed by atoms with E-state index in [4.69, 9.17) is 23.4 Å². The summed E-state index contributed by atoms with van der Waals surface area (Å²) in [5.74, 6) is -0.588. The van der Waals surface area contributed by atoms with Gasteiger partial charge in [0.25, 0.3) is 0 Å². The van der Waals surface area contributed by atoms with E-state index in [2.05, 4.69) is 0 Å². The highest BCUT2D eigenvalue weighted by atomic mass is 31.2. The lowest BCUT2D eigenvalue weighted by Crippen LogP contribution is -2.40. The van der Waals surface area contributed by atoms with Crippen molar-refractivity contribution in [2.24, 2.45) is 0 Å². The molecule has 0 saturated carbocycles. The molecule has 0 heterocycles. The Labute approximate surface area is 244 Å². The molecule has 43 heavy (non-hydrogen) atoms. The Morgan fingerprint density at radius 2 is 1.09 bits per heavy atom. The van der Waals surface area contributed by atoms with Crippen LogP contribution in [0.4, 0.5) is 35.9 Å². The quantitative estimate of drug-likeness (QED) is 0.122. The second kappa shape index (κ2) is 13.4. The Morgan fingerprint density at radius 3 is 1.44 bits per heavy atom. The zero-order valence-electron chi connectivity index (χ0n) is 24.2. The van der Waals surface area contributed by atoms with Crippen LogP contribution >= 0.6 is 7.60 Å². The summed E-state index contributed by atoms with van der Waals surface area (Å²) in [4.78, 5) is 29.9. The summed E-state index contributed by atoms with van der Waals surface area (Å²) in [6.07, 6.45) is -12.5. The van der Waals surface area contributed by atoms with Gasteiger partial charge in [-0.15, -0.1) is 5.06 Å². The second-order valence-electron chi connectivity index (χ2n) is 11.1. The number of carbonyl (C=O) groups excluding carboxylic acids is 2. The number of ether oxygens (including phenoxy) is 2. The van der Waals surface area contributed by atoms with Crippen molar-refractivity contribution in [2.75, 3.05) is 12.7 Å². The van der Waals surface area contributed by atoms with E-state index in [1.807, 2.05) is 0 Å². The molecule has 0 aliphatic carbocycles. The Kier molecular flexibility index (Phi) is 11.1. The van der Waals surface area contributed by atoms with E-state index in [0.717, 1.165) is 24.3 Å². The van der Waals surface area contributed by atoms with Gasteiger partial charge in [0, 0.05) is 0 Å². The lowest BCUT2D eigenvalue weighted by atomic mass is 10.2. The molecule has 0 bridgehead atoms. The summed E-state index contributed by atoms with van der Waals surface area (Å²) in [6, 6.07) is 6.28. The number of carbonyl (C=O) groups is 2. The molecule has 16 heteroatoms. The van der Waals surface area contributed by atoms with Crippen molar-refractivity contribution in [3.63, 3.8) is 0 Å². The smallest absolute Gasteiger partial charge is 0.442 e. The minimum atomic E-state index is -4.65. The van der Waals surface area contributed by atoms with Crippen LogP contribution in [0.5, 0.6) is 11.5 Å². The first-order chi connectivity index (χ1) is 19.5. The van der Waals surface area contributed by atoms with Crippen molar-refractivity contribution in [2.45, 2.75) is 71.5 Å². The molecule has 0 spiro atoms. The molecular formula is C27H32F6NO8P. The maximum absolute atomic E-state index is 13.7. The van der Waals surface area contributed by atoms with Crippen molar-refractivity contribution in [3.8, 4) is 11.5 Å². The fourth-order valence-corrected chi connectivity index (χ4v) is 4.73. The van der Waals surface area contributed by atoms with E-state index in [1.54, 1.807) is 41.5 Å². The number of hydrogen-bond acceptors (Lipinski definition) is 8. The predicted octanol–water partition coefficient (Wildman–Crippen LogP) is 8.87. The summed E-state index contributed by atoms with van der Waals surface area (Å²) in [7, 11) is -4.38. The van der Waals surface area contributed by atoms with Crippen molar-refractivity contribution in [1.82, 2.24) is 5.06 Å². The average molecular weight is 644 g/mol. The van der Waals surface area contributed by atoms with Crippen LogP contribution in [0.25, 0.3) is 0 Å². The monoisotopic (exact) mass is 643 g/mol. The molecule has 0 radical (unpaired) electrons. The van der Waals surface area contributed by atoms with Crippen LogP contribution in [0.1, 0.15) is 59.1 Å². The van der Waals surface area contributed by atoms with Gasteiger partial charge in [0.1, 0.15) is 22.7 Å². The molecule has 0 aliphatic heterocycles. The van der Waals surface area contributed by atoms with E-state index < -0.39 is 67.2 Å². The fraction of sp³-hybridized carbons (Fsp3) is 0.481. The second-order valence-corrected chi connectivity index (χ2v) is 13.1. The summed E-state index contributed by atoms with van der Waals surface area (Å²) in [5.41, 5.74) is -3.99. The molecule has 1 amide bonds. The van der Waals surface area contributed by atoms with Gasteiger partial charge in [-0.05, 0) is 96.5 Å². The Bertz CT molecular complexity index is 1220. The number of nitrogens with zero attached hydrogens (tertiary/aromatic N) is 1. The Balaban J connectivity index is 2.30. The number of amides is 1. The van der Waals surface area contributed by atoms with Gasteiger partial charge in [-0.3, -0.25) is 0 Å². The number of hydroxylamine groups is 2. The highest BCUT2D eigenvalue weighted by Crippen LogP contribution is 2.49. The first-order valence-electron chi connectivity index (χ1n) is 12.7. The molecule has 2 aromatic rings. The van der Waals surface area contributed by atoms with E-state index >= 15 is 0 Å². The molecule has 9 nitrogen and oxygen atoms in total. The normalized spacial score (nSPS) is 12.7. The van der Waals surface area contributed by atoms with Gasteiger partial charge in [0.05, 0.1) is 23.8 Å². The van der Waals surface area contributed by atoms with Gasteiger partial charge in [-0.25, -0.2) is 14.2 Å². The minimum Gasteiger partial charge on any atom is -0.442 e. The van der Waals surface area contributed by atoms with Gasteiger partial charge in [-0.2, -0.15) is 26.3 Å². The van der Waals surface area contributed by atoms with Crippen LogP contribution in [0.15, 0.2) is 48.5 Å². The average Bonchev–Trinajstić information content (AvgIpc) is 2.80. The van der Waals surface area contributed by atoms with Crippen molar-refractivity contribution in [1.29, 1.82) is 0 Å². The SMILES string of the molecule is CC(C)(C)OC(=O)ON(CCCP(=O)(Oc1ccc(C(F)(F)F)cc1)Oc1ccc(C(F)(F)F)cc1)C(=O)OC(C)(C)C. The molecule has 0 aliphatic rings. The first kappa shape index (κ1) is 35.6. The third-order valence-corrected chi connectivity index (χ3v) is 6.66. The zero-order valence-corrected chi connectivity index (χ0v) is 25.1. The van der Waals surface area contributed by atoms with Crippen LogP contribution in [0.3, 0.4) is 0 Å². The lowest BCUT2D eigenvalue weighted by molar-refractivity contribution is -0.138. The van der Waals surface area contributed by atoms with Gasteiger partial charge >= 0.3 is 32.2 Å². The van der Waals surface area contributed by atoms with Gasteiger partial charge in [0.2, 0.25) is 0 Å². The maximum atomic E-state index is 13.7. The molecule has 0 N–H and O–H groups in total. The number of rotatable bonds is 8. The topological polar surface area (TPSA) is 101 Å². The Hall–Kier alpha value is -3.61. The summed E-state index contributed by atoms with van der Waals surface area (Å²) < 4.78 is 113. The molecule has 2 aromatic carbocycles. The summed E-state index contributed by atoms with van der Waals surface area (Å²) in [5, 5.41) is 0.514. The third-order valence-electron chi connectivity index (χ3n) is 4.82. The van der Waals surface area contributed by atoms with E-state index in [9.17, 15) is 40.5 Å². The highest BCUT2D eigenvalue weighted by molar-refractivity contribution is 7.54. The maximum Gasteiger partial charge on any atom is 0.534 e. The third kappa shape index (κ3) is 12.7. The predicted molar refractivity (Wildman–Crippen MR) is 141 cm³/mol. The molecule has 2 rings (SSSR count). The molecule has 0 saturated heterocycles. The molecular weight excluding hydrogens is 611 g/mol. The standard InChI is InChI=1S/C27H32F6NO8P/c1-24(2,3)38-22(35)34(40-23(36)39-25(4,5)6)16-7-17-43(37,41-20-12-8-18(9-13-20)26(28,29)30)42-21-14-10-19(11-15-21)27(31,32)33/h8-15H,7,16-17H2,1-6H3. The fourth-order valence-electron chi connectivity index (χ4n) is 3.09. The molecule has 0 aromatic heterocycles. The lowest BCUT2D eigenvalue weighted by Gasteiger charge is -2.27. The first-order valence-corrected chi connectivity index (χ1v) is 14.4. The van der Waals surface area contributed by atoms with Gasteiger partial charge < -0.3 is 23.4 Å². The number of alkyl halides is 6. The van der Waals surface area contributed by atoms with E-state index in [0.29, 0.717) is 29.3 Å². The van der Waals surface area contributed by atoms with Crippen LogP contribution in [-0.4, -0.2) is 41.2 Å². The van der Waals surface area contributed by atoms with Gasteiger partial charge in [0.15, 0.2) is 0 Å². The molecule has 0 atom stereocenters. The highest BCUT2D eigenvalue weighted by Gasteiger charge is 2.34. The van der Waals surface area contributed by atoms with Crippen molar-refractivity contribution in [3.05, 3.63) is 59.7 Å². The van der Waals surface area contributed by atoms with Crippen LogP contribution in [0.2, 0.25) is 0 Å². The van der Waals surface area contributed by atoms with Gasteiger partial charge in [-0.1, -0.05) is 0 Å². The number of halogens is 6. The van der Waals surface area contributed by atoms with Crippen LogP contribution < -0.4 is 9.05 Å². The zero-order chi connectivity index (χ0) is 32.9. The summed E-state index contributed by atoms with van der Waals surface area (Å²) in [6.45, 7) is 8.89. The number of hydrogen-bond donors (Lipinski definition) is 0. The Morgan fingerprint density at radius 1 is 0.698 bits per heavy atom. The largest absolute Gasteiger partial charge is 0.534 e.